The predicted molar refractivity (Wildman–Crippen MR) is 142 cm³/mol. The van der Waals surface area contributed by atoms with Crippen molar-refractivity contribution in [2.75, 3.05) is 38.5 Å². The Morgan fingerprint density at radius 2 is 1.70 bits per heavy atom. The normalized spacial score (nSPS) is 18.1. The highest BCUT2D eigenvalue weighted by Gasteiger charge is 2.31. The second-order valence-corrected chi connectivity index (χ2v) is 9.49. The van der Waals surface area contributed by atoms with Crippen molar-refractivity contribution in [1.29, 1.82) is 0 Å². The lowest BCUT2D eigenvalue weighted by atomic mass is 10.1. The van der Waals surface area contributed by atoms with E-state index in [0.717, 1.165) is 25.4 Å². The van der Waals surface area contributed by atoms with Gasteiger partial charge >= 0.3 is 0 Å². The minimum atomic E-state index is -0.640. The van der Waals surface area contributed by atoms with Crippen molar-refractivity contribution in [1.82, 2.24) is 19.6 Å². The summed E-state index contributed by atoms with van der Waals surface area (Å²) in [5.74, 6) is 0.949. The van der Waals surface area contributed by atoms with Crippen LogP contribution in [0.2, 0.25) is 0 Å². The van der Waals surface area contributed by atoms with Crippen molar-refractivity contribution >= 4 is 17.6 Å². The van der Waals surface area contributed by atoms with Crippen LogP contribution in [0.3, 0.4) is 0 Å². The highest BCUT2D eigenvalue weighted by molar-refractivity contribution is 6.03. The number of anilines is 1. The lowest BCUT2D eigenvalue weighted by Gasteiger charge is -2.16. The molecule has 1 aromatic heterocycles. The van der Waals surface area contributed by atoms with E-state index in [2.05, 4.69) is 4.90 Å². The maximum Gasteiger partial charge on any atom is 0.254 e. The van der Waals surface area contributed by atoms with Crippen LogP contribution >= 0.6 is 0 Å². The van der Waals surface area contributed by atoms with Crippen LogP contribution in [-0.4, -0.2) is 64.1 Å². The summed E-state index contributed by atoms with van der Waals surface area (Å²) in [6.45, 7) is 4.06. The molecule has 0 spiro atoms. The Bertz CT molecular complexity index is 1280. The van der Waals surface area contributed by atoms with E-state index < -0.39 is 5.91 Å². The zero-order valence-corrected chi connectivity index (χ0v) is 20.8. The van der Waals surface area contributed by atoms with Crippen LogP contribution < -0.4 is 16.2 Å². The Labute approximate surface area is 216 Å². The largest absolute Gasteiger partial charge is 0.457 e. The third-order valence-corrected chi connectivity index (χ3v) is 6.94. The van der Waals surface area contributed by atoms with Gasteiger partial charge in [-0.2, -0.15) is 5.10 Å². The molecule has 37 heavy (non-hydrogen) atoms. The van der Waals surface area contributed by atoms with Gasteiger partial charge in [-0.05, 0) is 68.8 Å². The summed E-state index contributed by atoms with van der Waals surface area (Å²) in [6, 6.07) is 16.6. The number of nitrogen functional groups attached to an aromatic ring is 1. The maximum absolute atomic E-state index is 12.7. The number of nitrogens with two attached hydrogens (primary N) is 2. The first-order chi connectivity index (χ1) is 18.0. The number of amides is 2. The number of hydrogen-bond donors (Lipinski definition) is 2. The molecule has 5 rings (SSSR count). The average molecular weight is 501 g/mol. The Balaban J connectivity index is 1.30. The highest BCUT2D eigenvalue weighted by Crippen LogP contribution is 2.33. The fraction of sp³-hybridized carbons (Fsp3) is 0.321. The zero-order valence-electron chi connectivity index (χ0n) is 20.8. The van der Waals surface area contributed by atoms with Gasteiger partial charge in [0.25, 0.3) is 5.91 Å². The van der Waals surface area contributed by atoms with Gasteiger partial charge in [-0.15, -0.1) is 0 Å². The van der Waals surface area contributed by atoms with Gasteiger partial charge in [-0.25, -0.2) is 4.68 Å². The number of primary amides is 1. The Morgan fingerprint density at radius 1 is 1.00 bits per heavy atom. The molecule has 0 saturated carbocycles. The molecule has 0 bridgehead atoms. The fourth-order valence-electron chi connectivity index (χ4n) is 4.99. The molecule has 0 unspecified atom stereocenters. The third kappa shape index (κ3) is 5.51. The van der Waals surface area contributed by atoms with Crippen molar-refractivity contribution in [2.45, 2.75) is 25.3 Å². The smallest absolute Gasteiger partial charge is 0.254 e. The number of carbonyl (C=O) groups is 2. The maximum atomic E-state index is 12.7. The van der Waals surface area contributed by atoms with E-state index in [1.54, 1.807) is 15.7 Å². The molecule has 2 amide bonds. The van der Waals surface area contributed by atoms with E-state index >= 15 is 0 Å². The molecule has 9 heteroatoms. The standard InChI is InChI=1S/C28H32N6O3/c29-27-25(28(30)36)26(20-10-12-23(13-11-20)37-22-7-2-1-3-8-22)31-34(27)21-14-18-33(19-21)24(35)9-6-17-32-15-4-5-16-32/h1-3,6-13,21H,4-5,14-19,29H2,(H2,30,36)/t21-/m1/s1. The molecule has 4 N–H and O–H groups in total. The van der Waals surface area contributed by atoms with Crippen molar-refractivity contribution in [2.24, 2.45) is 5.73 Å². The zero-order chi connectivity index (χ0) is 25.8. The highest BCUT2D eigenvalue weighted by atomic mass is 16.5. The lowest BCUT2D eigenvalue weighted by molar-refractivity contribution is -0.125. The molecule has 0 aliphatic carbocycles. The minimum absolute atomic E-state index is 0.0169. The Hall–Kier alpha value is -4.11. The van der Waals surface area contributed by atoms with Crippen LogP contribution in [0.4, 0.5) is 5.82 Å². The average Bonchev–Trinajstić information content (AvgIpc) is 3.65. The molecule has 9 nitrogen and oxygen atoms in total. The Kier molecular flexibility index (Phi) is 7.23. The van der Waals surface area contributed by atoms with Crippen LogP contribution in [0.15, 0.2) is 66.7 Å². The molecule has 2 aromatic carbocycles. The van der Waals surface area contributed by atoms with E-state index in [4.69, 9.17) is 21.3 Å². The second-order valence-electron chi connectivity index (χ2n) is 9.49. The summed E-state index contributed by atoms with van der Waals surface area (Å²) in [5, 5.41) is 4.69. The molecule has 2 aliphatic heterocycles. The lowest BCUT2D eigenvalue weighted by Crippen LogP contribution is -2.28. The summed E-state index contributed by atoms with van der Waals surface area (Å²) in [6.07, 6.45) is 6.74. The van der Waals surface area contributed by atoms with Crippen LogP contribution in [-0.2, 0) is 4.79 Å². The quantitative estimate of drug-likeness (QED) is 0.457. The number of aromatic nitrogens is 2. The number of benzene rings is 2. The van der Waals surface area contributed by atoms with Crippen molar-refractivity contribution in [3.8, 4) is 22.8 Å². The van der Waals surface area contributed by atoms with Gasteiger partial charge in [0.15, 0.2) is 0 Å². The van der Waals surface area contributed by atoms with Gasteiger partial charge in [-0.1, -0.05) is 24.3 Å². The molecular formula is C28H32N6O3. The van der Waals surface area contributed by atoms with E-state index in [1.807, 2.05) is 60.7 Å². The van der Waals surface area contributed by atoms with Gasteiger partial charge in [0.1, 0.15) is 28.6 Å². The number of para-hydroxylation sites is 1. The molecule has 2 aliphatic rings. The van der Waals surface area contributed by atoms with Crippen LogP contribution in [0.1, 0.15) is 35.7 Å². The molecule has 0 radical (unpaired) electrons. The first kappa shape index (κ1) is 24.6. The van der Waals surface area contributed by atoms with Gasteiger partial charge < -0.3 is 21.1 Å². The summed E-state index contributed by atoms with van der Waals surface area (Å²) >= 11 is 0. The van der Waals surface area contributed by atoms with E-state index in [0.29, 0.717) is 36.5 Å². The first-order valence-electron chi connectivity index (χ1n) is 12.7. The van der Waals surface area contributed by atoms with Crippen LogP contribution in [0.5, 0.6) is 11.5 Å². The molecule has 1 atom stereocenters. The Morgan fingerprint density at radius 3 is 2.41 bits per heavy atom. The summed E-state index contributed by atoms with van der Waals surface area (Å²) in [4.78, 5) is 29.2. The molecular weight excluding hydrogens is 468 g/mol. The van der Waals surface area contributed by atoms with Gasteiger partial charge in [-0.3, -0.25) is 14.5 Å². The van der Waals surface area contributed by atoms with E-state index in [1.165, 1.54) is 12.8 Å². The molecule has 3 aromatic rings. The van der Waals surface area contributed by atoms with Gasteiger partial charge in [0.05, 0.1) is 6.04 Å². The minimum Gasteiger partial charge on any atom is -0.457 e. The monoisotopic (exact) mass is 500 g/mol. The number of hydrogen-bond acceptors (Lipinski definition) is 6. The van der Waals surface area contributed by atoms with E-state index in [9.17, 15) is 9.59 Å². The van der Waals surface area contributed by atoms with Gasteiger partial charge in [0.2, 0.25) is 5.91 Å². The van der Waals surface area contributed by atoms with E-state index in [-0.39, 0.29) is 23.3 Å². The number of nitrogens with zero attached hydrogens (tertiary/aromatic N) is 4. The van der Waals surface area contributed by atoms with Crippen LogP contribution in [0.25, 0.3) is 11.3 Å². The number of ether oxygens (including phenoxy) is 1. The van der Waals surface area contributed by atoms with Crippen molar-refractivity contribution < 1.29 is 14.3 Å². The summed E-state index contributed by atoms with van der Waals surface area (Å²) in [7, 11) is 0. The van der Waals surface area contributed by atoms with Gasteiger partial charge in [0, 0.05) is 31.3 Å². The predicted octanol–water partition coefficient (Wildman–Crippen LogP) is 3.45. The van der Waals surface area contributed by atoms with Crippen molar-refractivity contribution in [3.63, 3.8) is 0 Å². The topological polar surface area (TPSA) is 120 Å². The number of carbonyl (C=O) groups excluding carboxylic acids is 2. The molecule has 2 fully saturated rings. The summed E-state index contributed by atoms with van der Waals surface area (Å²) in [5.41, 5.74) is 13.4. The molecule has 2 saturated heterocycles. The molecule has 3 heterocycles. The van der Waals surface area contributed by atoms with Crippen molar-refractivity contribution in [3.05, 3.63) is 72.3 Å². The number of rotatable bonds is 8. The van der Waals surface area contributed by atoms with Crippen LogP contribution in [0, 0.1) is 0 Å². The summed E-state index contributed by atoms with van der Waals surface area (Å²) < 4.78 is 7.50. The molecule has 192 valence electrons. The number of likely N-dealkylation sites (tertiary alicyclic amines) is 2. The SMILES string of the molecule is NC(=O)c1c(-c2ccc(Oc3ccccc3)cc2)nn([C@@H]2CCN(C(=O)C=CCN3CCCC3)C2)c1N. The second kappa shape index (κ2) is 10.9. The first-order valence-corrected chi connectivity index (χ1v) is 12.7. The third-order valence-electron chi connectivity index (χ3n) is 6.94. The fourth-order valence-corrected chi connectivity index (χ4v) is 4.99.